The molecule has 0 bridgehead atoms. The zero-order chi connectivity index (χ0) is 13.0. The first-order valence-corrected chi connectivity index (χ1v) is 6.52. The smallest absolute Gasteiger partial charge is 0.310 e. The Balaban J connectivity index is 2.01. The summed E-state index contributed by atoms with van der Waals surface area (Å²) in [5.41, 5.74) is 0.471. The molecule has 0 spiro atoms. The van der Waals surface area contributed by atoms with Crippen molar-refractivity contribution < 1.29 is 9.90 Å². The lowest BCUT2D eigenvalue weighted by Crippen LogP contribution is -2.34. The SMILES string of the molecule is CCCC1(C(=O)O)CCN(Cc2ccccn2)C1. The van der Waals surface area contributed by atoms with E-state index in [-0.39, 0.29) is 0 Å². The molecule has 1 atom stereocenters. The summed E-state index contributed by atoms with van der Waals surface area (Å²) in [5.74, 6) is -0.645. The van der Waals surface area contributed by atoms with Crippen molar-refractivity contribution >= 4 is 5.97 Å². The molecular formula is C14H20N2O2. The Morgan fingerprint density at radius 3 is 3.00 bits per heavy atom. The third-order valence-electron chi connectivity index (χ3n) is 3.73. The first kappa shape index (κ1) is 13.0. The van der Waals surface area contributed by atoms with Gasteiger partial charge in [-0.15, -0.1) is 0 Å². The van der Waals surface area contributed by atoms with E-state index in [9.17, 15) is 9.90 Å². The van der Waals surface area contributed by atoms with Gasteiger partial charge in [-0.2, -0.15) is 0 Å². The Morgan fingerprint density at radius 1 is 1.56 bits per heavy atom. The molecule has 1 unspecified atom stereocenters. The fraction of sp³-hybridized carbons (Fsp3) is 0.571. The second kappa shape index (κ2) is 5.48. The summed E-state index contributed by atoms with van der Waals surface area (Å²) in [6, 6.07) is 5.85. The standard InChI is InChI=1S/C14H20N2O2/c1-2-6-14(13(17)18)7-9-16(11-14)10-12-5-3-4-8-15-12/h3-5,8H,2,6-7,9-11H2,1H3,(H,17,18). The fourth-order valence-corrected chi connectivity index (χ4v) is 2.78. The monoisotopic (exact) mass is 248 g/mol. The normalized spacial score (nSPS) is 24.3. The van der Waals surface area contributed by atoms with Crippen LogP contribution < -0.4 is 0 Å². The van der Waals surface area contributed by atoms with Crippen LogP contribution in [0.3, 0.4) is 0 Å². The minimum atomic E-state index is -0.645. The molecule has 0 amide bonds. The number of aliphatic carboxylic acids is 1. The molecule has 1 aliphatic rings. The number of nitrogens with zero attached hydrogens (tertiary/aromatic N) is 2. The van der Waals surface area contributed by atoms with Crippen molar-refractivity contribution in [1.29, 1.82) is 0 Å². The maximum Gasteiger partial charge on any atom is 0.310 e. The zero-order valence-corrected chi connectivity index (χ0v) is 10.8. The van der Waals surface area contributed by atoms with Gasteiger partial charge in [0, 0.05) is 19.3 Å². The van der Waals surface area contributed by atoms with Gasteiger partial charge in [0.15, 0.2) is 0 Å². The van der Waals surface area contributed by atoms with Gasteiger partial charge in [0.25, 0.3) is 0 Å². The fourth-order valence-electron chi connectivity index (χ4n) is 2.78. The van der Waals surface area contributed by atoms with Crippen LogP contribution in [0.25, 0.3) is 0 Å². The number of rotatable bonds is 5. The molecule has 1 fully saturated rings. The number of carbonyl (C=O) groups is 1. The van der Waals surface area contributed by atoms with Crippen LogP contribution in [0.1, 0.15) is 31.9 Å². The number of hydrogen-bond donors (Lipinski definition) is 1. The molecule has 1 aliphatic heterocycles. The molecule has 1 aromatic heterocycles. The molecule has 98 valence electrons. The summed E-state index contributed by atoms with van der Waals surface area (Å²) in [6.07, 6.45) is 4.22. The van der Waals surface area contributed by atoms with Crippen molar-refractivity contribution in [3.63, 3.8) is 0 Å². The molecule has 2 heterocycles. The van der Waals surface area contributed by atoms with E-state index >= 15 is 0 Å². The highest BCUT2D eigenvalue weighted by molar-refractivity contribution is 5.75. The minimum Gasteiger partial charge on any atom is -0.481 e. The number of pyridine rings is 1. The van der Waals surface area contributed by atoms with E-state index in [1.807, 2.05) is 25.1 Å². The number of carboxylic acids is 1. The van der Waals surface area contributed by atoms with Gasteiger partial charge in [-0.05, 0) is 31.5 Å². The van der Waals surface area contributed by atoms with E-state index < -0.39 is 11.4 Å². The maximum atomic E-state index is 11.5. The van der Waals surface area contributed by atoms with Crippen LogP contribution in [0.4, 0.5) is 0 Å². The zero-order valence-electron chi connectivity index (χ0n) is 10.8. The summed E-state index contributed by atoms with van der Waals surface area (Å²) < 4.78 is 0. The first-order chi connectivity index (χ1) is 8.66. The Labute approximate surface area is 108 Å². The van der Waals surface area contributed by atoms with E-state index in [2.05, 4.69) is 9.88 Å². The van der Waals surface area contributed by atoms with Crippen molar-refractivity contribution in [3.05, 3.63) is 30.1 Å². The Morgan fingerprint density at radius 2 is 2.39 bits per heavy atom. The van der Waals surface area contributed by atoms with Crippen molar-refractivity contribution in [2.75, 3.05) is 13.1 Å². The van der Waals surface area contributed by atoms with E-state index in [0.29, 0.717) is 6.54 Å². The number of aromatic nitrogens is 1. The average Bonchev–Trinajstić information content (AvgIpc) is 2.76. The lowest BCUT2D eigenvalue weighted by molar-refractivity contribution is -0.148. The van der Waals surface area contributed by atoms with Crippen molar-refractivity contribution in [2.45, 2.75) is 32.7 Å². The molecule has 2 rings (SSSR count). The molecule has 0 aromatic carbocycles. The molecule has 4 nitrogen and oxygen atoms in total. The number of likely N-dealkylation sites (tertiary alicyclic amines) is 1. The predicted octanol–water partition coefficient (Wildman–Crippen LogP) is 2.16. The van der Waals surface area contributed by atoms with Crippen LogP contribution in [0, 0.1) is 5.41 Å². The van der Waals surface area contributed by atoms with Gasteiger partial charge in [-0.25, -0.2) is 0 Å². The van der Waals surface area contributed by atoms with Crippen LogP contribution in [0.5, 0.6) is 0 Å². The Kier molecular flexibility index (Phi) is 3.97. The molecule has 0 aliphatic carbocycles. The lowest BCUT2D eigenvalue weighted by atomic mass is 9.83. The number of carboxylic acid groups (broad SMARTS) is 1. The van der Waals surface area contributed by atoms with Crippen LogP contribution >= 0.6 is 0 Å². The maximum absolute atomic E-state index is 11.5. The predicted molar refractivity (Wildman–Crippen MR) is 69.1 cm³/mol. The van der Waals surface area contributed by atoms with E-state index in [0.717, 1.165) is 38.0 Å². The molecule has 1 N–H and O–H groups in total. The molecule has 1 saturated heterocycles. The van der Waals surface area contributed by atoms with Gasteiger partial charge in [-0.1, -0.05) is 19.4 Å². The van der Waals surface area contributed by atoms with Gasteiger partial charge in [0.2, 0.25) is 0 Å². The molecule has 4 heteroatoms. The average molecular weight is 248 g/mol. The second-order valence-electron chi connectivity index (χ2n) is 5.12. The molecule has 0 saturated carbocycles. The van der Waals surface area contributed by atoms with Gasteiger partial charge in [0.1, 0.15) is 0 Å². The summed E-state index contributed by atoms with van der Waals surface area (Å²) in [6.45, 7) is 4.29. The minimum absolute atomic E-state index is 0.538. The summed E-state index contributed by atoms with van der Waals surface area (Å²) >= 11 is 0. The topological polar surface area (TPSA) is 53.4 Å². The van der Waals surface area contributed by atoms with Crippen LogP contribution in [-0.4, -0.2) is 34.0 Å². The molecule has 18 heavy (non-hydrogen) atoms. The van der Waals surface area contributed by atoms with E-state index in [4.69, 9.17) is 0 Å². The largest absolute Gasteiger partial charge is 0.481 e. The van der Waals surface area contributed by atoms with Crippen LogP contribution in [0.2, 0.25) is 0 Å². The highest BCUT2D eigenvalue weighted by Crippen LogP contribution is 2.36. The third kappa shape index (κ3) is 2.70. The van der Waals surface area contributed by atoms with Gasteiger partial charge >= 0.3 is 5.97 Å². The summed E-state index contributed by atoms with van der Waals surface area (Å²) in [7, 11) is 0. The van der Waals surface area contributed by atoms with Gasteiger partial charge in [-0.3, -0.25) is 14.7 Å². The Bertz CT molecular complexity index is 408. The van der Waals surface area contributed by atoms with Gasteiger partial charge < -0.3 is 5.11 Å². The highest BCUT2D eigenvalue weighted by atomic mass is 16.4. The van der Waals surface area contributed by atoms with Crippen molar-refractivity contribution in [2.24, 2.45) is 5.41 Å². The lowest BCUT2D eigenvalue weighted by Gasteiger charge is -2.24. The third-order valence-corrected chi connectivity index (χ3v) is 3.73. The first-order valence-electron chi connectivity index (χ1n) is 6.52. The van der Waals surface area contributed by atoms with Crippen LogP contribution in [0.15, 0.2) is 24.4 Å². The highest BCUT2D eigenvalue weighted by Gasteiger charge is 2.43. The molecule has 1 aromatic rings. The quantitative estimate of drug-likeness (QED) is 0.867. The molecular weight excluding hydrogens is 228 g/mol. The summed E-state index contributed by atoms with van der Waals surface area (Å²) in [4.78, 5) is 18.0. The van der Waals surface area contributed by atoms with E-state index in [1.54, 1.807) is 6.20 Å². The Hall–Kier alpha value is -1.42. The van der Waals surface area contributed by atoms with Crippen molar-refractivity contribution in [3.8, 4) is 0 Å². The second-order valence-corrected chi connectivity index (χ2v) is 5.12. The van der Waals surface area contributed by atoms with Crippen LogP contribution in [-0.2, 0) is 11.3 Å². The summed E-state index contributed by atoms with van der Waals surface area (Å²) in [5, 5.41) is 9.44. The van der Waals surface area contributed by atoms with Crippen molar-refractivity contribution in [1.82, 2.24) is 9.88 Å². The molecule has 0 radical (unpaired) electrons. The number of hydrogen-bond acceptors (Lipinski definition) is 3. The van der Waals surface area contributed by atoms with E-state index in [1.165, 1.54) is 0 Å². The van der Waals surface area contributed by atoms with Gasteiger partial charge in [0.05, 0.1) is 11.1 Å².